The van der Waals surface area contributed by atoms with Crippen molar-refractivity contribution in [2.75, 3.05) is 37.7 Å². The first-order valence-corrected chi connectivity index (χ1v) is 9.60. The fourth-order valence-electron chi connectivity index (χ4n) is 3.60. The summed E-state index contributed by atoms with van der Waals surface area (Å²) in [6.45, 7) is 4.82. The van der Waals surface area contributed by atoms with Crippen LogP contribution in [0.2, 0.25) is 0 Å². The lowest BCUT2D eigenvalue weighted by Crippen LogP contribution is -2.49. The average molecular weight is 360 g/mol. The van der Waals surface area contributed by atoms with Crippen LogP contribution < -0.4 is 10.2 Å². The minimum Gasteiger partial charge on any atom is -0.450 e. The van der Waals surface area contributed by atoms with Gasteiger partial charge in [-0.2, -0.15) is 0 Å². The van der Waals surface area contributed by atoms with Crippen molar-refractivity contribution in [1.82, 2.24) is 15.2 Å². The number of hydrogen-bond acceptors (Lipinski definition) is 5. The van der Waals surface area contributed by atoms with Gasteiger partial charge < -0.3 is 19.9 Å². The number of ether oxygens (including phenoxy) is 1. The van der Waals surface area contributed by atoms with Gasteiger partial charge in [0.2, 0.25) is 0 Å². The molecule has 1 aromatic heterocycles. The Morgan fingerprint density at radius 3 is 2.58 bits per heavy atom. The molecule has 7 heteroatoms. The van der Waals surface area contributed by atoms with Crippen molar-refractivity contribution in [3.63, 3.8) is 0 Å². The highest BCUT2D eigenvalue weighted by Crippen LogP contribution is 2.20. The SMILES string of the molecule is CCOC(=O)N1CCN(c2cncc(C(=O)NC3CCCCC3)c2)CC1. The molecule has 0 unspecified atom stereocenters. The predicted molar refractivity (Wildman–Crippen MR) is 99.4 cm³/mol. The van der Waals surface area contributed by atoms with E-state index in [4.69, 9.17) is 4.74 Å². The molecule has 2 aliphatic rings. The van der Waals surface area contributed by atoms with E-state index in [0.29, 0.717) is 38.3 Å². The van der Waals surface area contributed by atoms with Crippen LogP contribution in [0, 0.1) is 0 Å². The van der Waals surface area contributed by atoms with E-state index < -0.39 is 0 Å². The van der Waals surface area contributed by atoms with Crippen LogP contribution >= 0.6 is 0 Å². The molecular formula is C19H28N4O3. The molecule has 7 nitrogen and oxygen atoms in total. The molecule has 0 aromatic carbocycles. The zero-order chi connectivity index (χ0) is 18.4. The van der Waals surface area contributed by atoms with Crippen LogP contribution in [0.25, 0.3) is 0 Å². The number of carbonyl (C=O) groups excluding carboxylic acids is 2. The third kappa shape index (κ3) is 4.65. The summed E-state index contributed by atoms with van der Waals surface area (Å²) in [6.07, 6.45) is 8.91. The Labute approximate surface area is 154 Å². The van der Waals surface area contributed by atoms with Gasteiger partial charge in [0.15, 0.2) is 0 Å². The third-order valence-electron chi connectivity index (χ3n) is 5.10. The highest BCUT2D eigenvalue weighted by Gasteiger charge is 2.23. The van der Waals surface area contributed by atoms with Gasteiger partial charge in [-0.15, -0.1) is 0 Å². The summed E-state index contributed by atoms with van der Waals surface area (Å²) in [5.74, 6) is -0.0450. The maximum Gasteiger partial charge on any atom is 0.409 e. The van der Waals surface area contributed by atoms with Gasteiger partial charge in [0.25, 0.3) is 5.91 Å². The number of anilines is 1. The van der Waals surface area contributed by atoms with Crippen LogP contribution in [0.1, 0.15) is 49.4 Å². The van der Waals surface area contributed by atoms with Crippen molar-refractivity contribution in [1.29, 1.82) is 0 Å². The number of hydrogen-bond donors (Lipinski definition) is 1. The van der Waals surface area contributed by atoms with Crippen LogP contribution in [0.15, 0.2) is 18.5 Å². The summed E-state index contributed by atoms with van der Waals surface area (Å²) in [4.78, 5) is 32.4. The van der Waals surface area contributed by atoms with E-state index in [0.717, 1.165) is 18.5 Å². The molecule has 142 valence electrons. The first kappa shape index (κ1) is 18.5. The second kappa shape index (κ2) is 8.87. The zero-order valence-corrected chi connectivity index (χ0v) is 15.4. The molecule has 3 rings (SSSR count). The maximum absolute atomic E-state index is 12.5. The first-order valence-electron chi connectivity index (χ1n) is 9.60. The van der Waals surface area contributed by atoms with E-state index in [9.17, 15) is 9.59 Å². The van der Waals surface area contributed by atoms with Crippen molar-refractivity contribution in [2.24, 2.45) is 0 Å². The monoisotopic (exact) mass is 360 g/mol. The molecule has 26 heavy (non-hydrogen) atoms. The van der Waals surface area contributed by atoms with E-state index in [1.165, 1.54) is 19.3 Å². The average Bonchev–Trinajstić information content (AvgIpc) is 2.69. The first-order chi connectivity index (χ1) is 12.7. The molecule has 0 atom stereocenters. The lowest BCUT2D eigenvalue weighted by Gasteiger charge is -2.35. The highest BCUT2D eigenvalue weighted by molar-refractivity contribution is 5.95. The number of nitrogens with one attached hydrogen (secondary N) is 1. The van der Waals surface area contributed by atoms with Crippen molar-refractivity contribution in [3.8, 4) is 0 Å². The summed E-state index contributed by atoms with van der Waals surface area (Å²) in [7, 11) is 0. The highest BCUT2D eigenvalue weighted by atomic mass is 16.6. The molecule has 0 spiro atoms. The van der Waals surface area contributed by atoms with Crippen molar-refractivity contribution >= 4 is 17.7 Å². The van der Waals surface area contributed by atoms with Crippen molar-refractivity contribution < 1.29 is 14.3 Å². The zero-order valence-electron chi connectivity index (χ0n) is 15.4. The minimum absolute atomic E-state index is 0.0450. The summed E-state index contributed by atoms with van der Waals surface area (Å²) < 4.78 is 5.05. The number of rotatable bonds is 4. The van der Waals surface area contributed by atoms with Gasteiger partial charge in [0, 0.05) is 38.4 Å². The number of aromatic nitrogens is 1. The molecule has 1 aliphatic heterocycles. The summed E-state index contributed by atoms with van der Waals surface area (Å²) >= 11 is 0. The summed E-state index contributed by atoms with van der Waals surface area (Å²) in [5.41, 5.74) is 1.52. The van der Waals surface area contributed by atoms with Crippen LogP contribution in [0.3, 0.4) is 0 Å². The summed E-state index contributed by atoms with van der Waals surface area (Å²) in [5, 5.41) is 3.13. The van der Waals surface area contributed by atoms with Gasteiger partial charge in [-0.05, 0) is 25.8 Å². The Balaban J connectivity index is 1.57. The van der Waals surface area contributed by atoms with Crippen molar-refractivity contribution in [2.45, 2.75) is 45.1 Å². The third-order valence-corrected chi connectivity index (χ3v) is 5.10. The Morgan fingerprint density at radius 1 is 1.15 bits per heavy atom. The molecule has 2 heterocycles. The molecular weight excluding hydrogens is 332 g/mol. The molecule has 1 saturated heterocycles. The number of pyridine rings is 1. The molecule has 1 aromatic rings. The van der Waals surface area contributed by atoms with Crippen LogP contribution in [-0.2, 0) is 4.74 Å². The number of piperazine rings is 1. The van der Waals surface area contributed by atoms with Gasteiger partial charge in [0.1, 0.15) is 0 Å². The van der Waals surface area contributed by atoms with Crippen LogP contribution in [0.5, 0.6) is 0 Å². The lowest BCUT2D eigenvalue weighted by atomic mass is 9.95. The molecule has 1 aliphatic carbocycles. The van der Waals surface area contributed by atoms with Gasteiger partial charge in [0.05, 0.1) is 24.1 Å². The Kier molecular flexibility index (Phi) is 6.30. The second-order valence-corrected chi connectivity index (χ2v) is 6.91. The topological polar surface area (TPSA) is 74.8 Å². The van der Waals surface area contributed by atoms with E-state index in [1.54, 1.807) is 17.3 Å². The fourth-order valence-corrected chi connectivity index (χ4v) is 3.60. The van der Waals surface area contributed by atoms with Crippen LogP contribution in [0.4, 0.5) is 10.5 Å². The predicted octanol–water partition coefficient (Wildman–Crippen LogP) is 2.42. The van der Waals surface area contributed by atoms with E-state index >= 15 is 0 Å². The largest absolute Gasteiger partial charge is 0.450 e. The molecule has 0 radical (unpaired) electrons. The lowest BCUT2D eigenvalue weighted by molar-refractivity contribution is 0.0927. The Bertz CT molecular complexity index is 623. The summed E-state index contributed by atoms with van der Waals surface area (Å²) in [6, 6.07) is 2.18. The van der Waals surface area contributed by atoms with Crippen molar-refractivity contribution in [3.05, 3.63) is 24.0 Å². The molecule has 2 fully saturated rings. The second-order valence-electron chi connectivity index (χ2n) is 6.91. The Morgan fingerprint density at radius 2 is 1.88 bits per heavy atom. The quantitative estimate of drug-likeness (QED) is 0.892. The number of amides is 2. The number of nitrogens with zero attached hydrogens (tertiary/aromatic N) is 3. The minimum atomic E-state index is -0.258. The number of carbonyl (C=O) groups is 2. The van der Waals surface area contributed by atoms with E-state index in [1.807, 2.05) is 13.0 Å². The van der Waals surface area contributed by atoms with Gasteiger partial charge in [-0.3, -0.25) is 9.78 Å². The van der Waals surface area contributed by atoms with Gasteiger partial charge >= 0.3 is 6.09 Å². The van der Waals surface area contributed by atoms with E-state index in [2.05, 4.69) is 15.2 Å². The fraction of sp³-hybridized carbons (Fsp3) is 0.632. The molecule has 2 amide bonds. The van der Waals surface area contributed by atoms with E-state index in [-0.39, 0.29) is 18.0 Å². The van der Waals surface area contributed by atoms with Gasteiger partial charge in [-0.1, -0.05) is 19.3 Å². The van der Waals surface area contributed by atoms with Crippen LogP contribution in [-0.4, -0.2) is 60.7 Å². The Hall–Kier alpha value is -2.31. The standard InChI is InChI=1S/C19H28N4O3/c1-2-26-19(25)23-10-8-22(9-11-23)17-12-15(13-20-14-17)18(24)21-16-6-4-3-5-7-16/h12-14,16H,2-11H2,1H3,(H,21,24). The van der Waals surface area contributed by atoms with Gasteiger partial charge in [-0.25, -0.2) is 4.79 Å². The normalized spacial score (nSPS) is 18.5. The maximum atomic E-state index is 12.5. The smallest absolute Gasteiger partial charge is 0.409 e. The molecule has 1 saturated carbocycles. The molecule has 0 bridgehead atoms. The molecule has 1 N–H and O–H groups in total.